The predicted molar refractivity (Wildman–Crippen MR) is 84.3 cm³/mol. The molecule has 4 nitrogen and oxygen atoms in total. The van der Waals surface area contributed by atoms with Crippen molar-refractivity contribution in [2.75, 3.05) is 18.0 Å². The van der Waals surface area contributed by atoms with Crippen molar-refractivity contribution in [3.63, 3.8) is 0 Å². The molecule has 2 atom stereocenters. The average molecular weight is 390 g/mol. The van der Waals surface area contributed by atoms with Gasteiger partial charge in [-0.1, -0.05) is 11.6 Å². The Morgan fingerprint density at radius 1 is 1.23 bits per heavy atom. The number of rotatable bonds is 1. The van der Waals surface area contributed by atoms with Gasteiger partial charge < -0.3 is 10.2 Å². The minimum atomic E-state index is -0.929. The van der Waals surface area contributed by atoms with Gasteiger partial charge in [-0.25, -0.2) is 4.39 Å². The van der Waals surface area contributed by atoms with Crippen LogP contribution in [-0.2, 0) is 0 Å². The number of nitrogens with zero attached hydrogens (tertiary/aromatic N) is 3. The summed E-state index contributed by atoms with van der Waals surface area (Å²) in [6.07, 6.45) is 1.25. The molecular weight excluding hydrogens is 378 g/mol. The second-order valence-electron chi connectivity index (χ2n) is 5.74. The van der Waals surface area contributed by atoms with Crippen LogP contribution in [0.25, 0.3) is 10.9 Å². The summed E-state index contributed by atoms with van der Waals surface area (Å²) in [5.74, 6) is -0.252. The lowest BCUT2D eigenvalue weighted by atomic mass is 10.1. The lowest BCUT2D eigenvalue weighted by Crippen LogP contribution is -2.51. The van der Waals surface area contributed by atoms with Gasteiger partial charge >= 0.3 is 6.08 Å². The van der Waals surface area contributed by atoms with Gasteiger partial charge in [0.05, 0.1) is 9.50 Å². The van der Waals surface area contributed by atoms with Crippen LogP contribution in [0.2, 0.25) is 5.02 Å². The van der Waals surface area contributed by atoms with E-state index in [4.69, 9.17) is 11.6 Å². The minimum Gasteiger partial charge on any atom is -0.353 e. The lowest BCUT2D eigenvalue weighted by molar-refractivity contribution is 0.460. The fraction of sp³-hybridized carbons (Fsp3) is 0.429. The van der Waals surface area contributed by atoms with Gasteiger partial charge in [0, 0.05) is 30.6 Å². The molecule has 0 aliphatic carbocycles. The van der Waals surface area contributed by atoms with Crippen LogP contribution in [0, 0.1) is 11.9 Å². The Morgan fingerprint density at radius 2 is 1.91 bits per heavy atom. The summed E-state index contributed by atoms with van der Waals surface area (Å²) >= 11 is 9.11. The van der Waals surface area contributed by atoms with Crippen LogP contribution in [0.3, 0.4) is 0 Å². The molecule has 0 radical (unpaired) electrons. The Labute approximate surface area is 139 Å². The van der Waals surface area contributed by atoms with Crippen molar-refractivity contribution < 1.29 is 8.78 Å². The molecule has 8 heteroatoms. The summed E-state index contributed by atoms with van der Waals surface area (Å²) in [4.78, 5) is 9.51. The van der Waals surface area contributed by atoms with E-state index in [0.717, 1.165) is 25.9 Å². The number of aromatic nitrogens is 2. The van der Waals surface area contributed by atoms with E-state index in [9.17, 15) is 8.78 Å². The van der Waals surface area contributed by atoms with Crippen molar-refractivity contribution in [2.24, 2.45) is 0 Å². The monoisotopic (exact) mass is 388 g/mol. The largest absolute Gasteiger partial charge is 0.353 e. The topological polar surface area (TPSA) is 41.1 Å². The number of halogens is 4. The van der Waals surface area contributed by atoms with Crippen molar-refractivity contribution in [1.29, 1.82) is 0 Å². The molecule has 2 aliphatic rings. The Morgan fingerprint density at radius 3 is 2.59 bits per heavy atom. The summed E-state index contributed by atoms with van der Waals surface area (Å²) in [6, 6.07) is 2.31. The van der Waals surface area contributed by atoms with E-state index in [0.29, 0.717) is 23.3 Å². The molecule has 2 aromatic rings. The molecule has 1 aromatic carbocycles. The molecule has 0 saturated carbocycles. The van der Waals surface area contributed by atoms with Gasteiger partial charge in [-0.15, -0.1) is 0 Å². The molecule has 0 spiro atoms. The molecule has 1 N–H and O–H groups in total. The first-order valence-electron chi connectivity index (χ1n) is 7.04. The van der Waals surface area contributed by atoms with Crippen molar-refractivity contribution in [2.45, 2.75) is 24.9 Å². The molecule has 0 amide bonds. The molecule has 1 aromatic heterocycles. The standard InChI is InChI=1S/C14H12BrClF2N4/c15-10-9(16)3-8-12(11(10)17)20-14(18)21-13(8)22-4-6-1-2-7(5-22)19-6/h3,6-7,19H,1-2,4-5H2. The Kier molecular flexibility index (Phi) is 3.47. The number of anilines is 1. The summed E-state index contributed by atoms with van der Waals surface area (Å²) in [5.41, 5.74) is -0.0512. The predicted octanol–water partition coefficient (Wildman–Crippen LogP) is 3.26. The number of piperazine rings is 1. The Balaban J connectivity index is 1.90. The molecule has 3 heterocycles. The molecule has 2 saturated heterocycles. The second kappa shape index (κ2) is 5.25. The van der Waals surface area contributed by atoms with E-state index in [2.05, 4.69) is 31.2 Å². The van der Waals surface area contributed by atoms with E-state index >= 15 is 0 Å². The molecular formula is C14H12BrClF2N4. The van der Waals surface area contributed by atoms with E-state index in [1.54, 1.807) is 6.07 Å². The van der Waals surface area contributed by atoms with Crippen molar-refractivity contribution >= 4 is 44.3 Å². The van der Waals surface area contributed by atoms with Crippen LogP contribution in [0.5, 0.6) is 0 Å². The molecule has 2 bridgehead atoms. The zero-order valence-corrected chi connectivity index (χ0v) is 13.8. The minimum absolute atomic E-state index is 0.0512. The third-order valence-electron chi connectivity index (χ3n) is 4.30. The van der Waals surface area contributed by atoms with Gasteiger partial charge in [-0.3, -0.25) is 0 Å². The third kappa shape index (κ3) is 2.26. The SMILES string of the molecule is Fc1nc(N2CC3CCC(C2)N3)c2cc(Cl)c(Br)c(F)c2n1. The van der Waals surface area contributed by atoms with Gasteiger partial charge in [0.15, 0.2) is 5.82 Å². The maximum Gasteiger partial charge on any atom is 0.311 e. The Hall–Kier alpha value is -1.05. The first-order chi connectivity index (χ1) is 10.5. The van der Waals surface area contributed by atoms with Gasteiger partial charge in [0.2, 0.25) is 0 Å². The van der Waals surface area contributed by atoms with Crippen molar-refractivity contribution in [3.05, 3.63) is 27.5 Å². The summed E-state index contributed by atoms with van der Waals surface area (Å²) in [7, 11) is 0. The molecule has 2 aliphatic heterocycles. The van der Waals surface area contributed by atoms with Crippen LogP contribution in [0.15, 0.2) is 10.5 Å². The fourth-order valence-electron chi connectivity index (χ4n) is 3.34. The summed E-state index contributed by atoms with van der Waals surface area (Å²) in [6.45, 7) is 1.44. The van der Waals surface area contributed by atoms with Crippen LogP contribution in [0.4, 0.5) is 14.6 Å². The smallest absolute Gasteiger partial charge is 0.311 e. The zero-order chi connectivity index (χ0) is 15.4. The molecule has 2 unspecified atom stereocenters. The highest BCUT2D eigenvalue weighted by molar-refractivity contribution is 9.10. The van der Waals surface area contributed by atoms with Crippen molar-refractivity contribution in [3.8, 4) is 0 Å². The Bertz CT molecular complexity index is 760. The van der Waals surface area contributed by atoms with Gasteiger partial charge in [0.25, 0.3) is 0 Å². The average Bonchev–Trinajstić information content (AvgIpc) is 2.84. The van der Waals surface area contributed by atoms with Crippen LogP contribution in [0.1, 0.15) is 12.8 Å². The normalized spacial score (nSPS) is 24.3. The molecule has 116 valence electrons. The van der Waals surface area contributed by atoms with Crippen LogP contribution in [-0.4, -0.2) is 35.1 Å². The summed E-state index contributed by atoms with van der Waals surface area (Å²) < 4.78 is 28.2. The first kappa shape index (κ1) is 14.5. The molecule has 2 fully saturated rings. The van der Waals surface area contributed by atoms with Gasteiger partial charge in [-0.05, 0) is 34.8 Å². The van der Waals surface area contributed by atoms with Gasteiger partial charge in [-0.2, -0.15) is 14.4 Å². The third-order valence-corrected chi connectivity index (χ3v) is 5.60. The molecule has 4 rings (SSSR count). The first-order valence-corrected chi connectivity index (χ1v) is 8.22. The number of benzene rings is 1. The summed E-state index contributed by atoms with van der Waals surface area (Å²) in [5, 5.41) is 4.16. The quantitative estimate of drug-likeness (QED) is 0.600. The maximum atomic E-state index is 14.3. The number of fused-ring (bicyclic) bond motifs is 3. The second-order valence-corrected chi connectivity index (χ2v) is 6.94. The highest BCUT2D eigenvalue weighted by Crippen LogP contribution is 2.36. The number of nitrogens with one attached hydrogen (secondary N) is 1. The van der Waals surface area contributed by atoms with E-state index < -0.39 is 11.9 Å². The van der Waals surface area contributed by atoms with E-state index in [-0.39, 0.29) is 15.0 Å². The highest BCUT2D eigenvalue weighted by Gasteiger charge is 2.34. The van der Waals surface area contributed by atoms with E-state index in [1.165, 1.54) is 0 Å². The lowest BCUT2D eigenvalue weighted by Gasteiger charge is -2.34. The van der Waals surface area contributed by atoms with Crippen LogP contribution >= 0.6 is 27.5 Å². The fourth-order valence-corrected chi connectivity index (χ4v) is 3.84. The maximum absolute atomic E-state index is 14.3. The highest BCUT2D eigenvalue weighted by atomic mass is 79.9. The van der Waals surface area contributed by atoms with E-state index in [1.807, 2.05) is 4.90 Å². The van der Waals surface area contributed by atoms with Crippen molar-refractivity contribution in [1.82, 2.24) is 15.3 Å². The number of hydrogen-bond acceptors (Lipinski definition) is 4. The zero-order valence-electron chi connectivity index (χ0n) is 11.4. The van der Waals surface area contributed by atoms with Crippen LogP contribution < -0.4 is 10.2 Å². The molecule has 22 heavy (non-hydrogen) atoms. The van der Waals surface area contributed by atoms with Gasteiger partial charge in [0.1, 0.15) is 11.3 Å². The number of hydrogen-bond donors (Lipinski definition) is 1.